The van der Waals surface area contributed by atoms with E-state index in [1.807, 2.05) is 24.3 Å². The molecule has 92 valence electrons. The Kier molecular flexibility index (Phi) is 3.92. The SMILES string of the molecule is COc1ccccc1-c1noc(CCCC#N)n1. The van der Waals surface area contributed by atoms with Gasteiger partial charge < -0.3 is 9.26 Å². The fraction of sp³-hybridized carbons (Fsp3) is 0.308. The molecule has 0 aliphatic carbocycles. The lowest BCUT2D eigenvalue weighted by atomic mass is 10.2. The van der Waals surface area contributed by atoms with E-state index in [1.54, 1.807) is 7.11 Å². The van der Waals surface area contributed by atoms with Gasteiger partial charge in [-0.05, 0) is 18.6 Å². The summed E-state index contributed by atoms with van der Waals surface area (Å²) in [5.74, 6) is 1.77. The lowest BCUT2D eigenvalue weighted by Gasteiger charge is -2.02. The summed E-state index contributed by atoms with van der Waals surface area (Å²) < 4.78 is 10.4. The molecule has 0 radical (unpaired) electrons. The molecule has 2 rings (SSSR count). The van der Waals surface area contributed by atoms with Crippen LogP contribution in [0.2, 0.25) is 0 Å². The van der Waals surface area contributed by atoms with E-state index < -0.39 is 0 Å². The van der Waals surface area contributed by atoms with Crippen molar-refractivity contribution < 1.29 is 9.26 Å². The summed E-state index contributed by atoms with van der Waals surface area (Å²) in [4.78, 5) is 4.29. The summed E-state index contributed by atoms with van der Waals surface area (Å²) in [6.07, 6.45) is 1.84. The molecular formula is C13H13N3O2. The van der Waals surface area contributed by atoms with Gasteiger partial charge >= 0.3 is 0 Å². The first-order valence-electron chi connectivity index (χ1n) is 5.68. The minimum atomic E-state index is 0.492. The van der Waals surface area contributed by atoms with Crippen LogP contribution in [0.3, 0.4) is 0 Å². The number of unbranched alkanes of at least 4 members (excludes halogenated alkanes) is 1. The number of nitriles is 1. The van der Waals surface area contributed by atoms with E-state index in [9.17, 15) is 0 Å². The minimum absolute atomic E-state index is 0.492. The molecule has 1 aromatic carbocycles. The smallest absolute Gasteiger partial charge is 0.226 e. The molecule has 0 saturated heterocycles. The van der Waals surface area contributed by atoms with Crippen LogP contribution in [0.25, 0.3) is 11.4 Å². The van der Waals surface area contributed by atoms with E-state index in [0.717, 1.165) is 12.0 Å². The topological polar surface area (TPSA) is 71.9 Å². The molecule has 0 aliphatic rings. The van der Waals surface area contributed by atoms with Gasteiger partial charge in [0.1, 0.15) is 5.75 Å². The van der Waals surface area contributed by atoms with E-state index in [4.69, 9.17) is 14.5 Å². The van der Waals surface area contributed by atoms with E-state index in [2.05, 4.69) is 16.2 Å². The van der Waals surface area contributed by atoms with Gasteiger partial charge in [-0.1, -0.05) is 17.3 Å². The predicted octanol–water partition coefficient (Wildman–Crippen LogP) is 2.59. The van der Waals surface area contributed by atoms with Crippen molar-refractivity contribution >= 4 is 0 Å². The third-order valence-electron chi connectivity index (χ3n) is 2.50. The summed E-state index contributed by atoms with van der Waals surface area (Å²) >= 11 is 0. The van der Waals surface area contributed by atoms with Crippen molar-refractivity contribution in [3.8, 4) is 23.2 Å². The molecule has 0 fully saturated rings. The maximum atomic E-state index is 8.46. The Morgan fingerprint density at radius 2 is 2.22 bits per heavy atom. The average molecular weight is 243 g/mol. The van der Waals surface area contributed by atoms with E-state index >= 15 is 0 Å². The molecule has 0 spiro atoms. The van der Waals surface area contributed by atoms with Crippen LogP contribution < -0.4 is 4.74 Å². The van der Waals surface area contributed by atoms with Crippen molar-refractivity contribution in [1.82, 2.24) is 10.1 Å². The predicted molar refractivity (Wildman–Crippen MR) is 64.8 cm³/mol. The van der Waals surface area contributed by atoms with Gasteiger partial charge in [0.25, 0.3) is 0 Å². The molecule has 2 aromatic rings. The van der Waals surface area contributed by atoms with Crippen molar-refractivity contribution in [3.63, 3.8) is 0 Å². The van der Waals surface area contributed by atoms with Gasteiger partial charge in [0.2, 0.25) is 11.7 Å². The Morgan fingerprint density at radius 1 is 1.39 bits per heavy atom. The van der Waals surface area contributed by atoms with Crippen LogP contribution in [0, 0.1) is 11.3 Å². The summed E-state index contributed by atoms with van der Waals surface area (Å²) in [5.41, 5.74) is 0.801. The van der Waals surface area contributed by atoms with Gasteiger partial charge in [-0.3, -0.25) is 0 Å². The Labute approximate surface area is 105 Å². The molecular weight excluding hydrogens is 230 g/mol. The number of aryl methyl sites for hydroxylation is 1. The molecule has 1 heterocycles. The maximum Gasteiger partial charge on any atom is 0.226 e. The highest BCUT2D eigenvalue weighted by atomic mass is 16.5. The molecule has 0 amide bonds. The number of methoxy groups -OCH3 is 1. The van der Waals surface area contributed by atoms with Crippen molar-refractivity contribution in [1.29, 1.82) is 5.26 Å². The minimum Gasteiger partial charge on any atom is -0.496 e. The van der Waals surface area contributed by atoms with Gasteiger partial charge in [-0.15, -0.1) is 0 Å². The van der Waals surface area contributed by atoms with E-state index in [1.165, 1.54) is 0 Å². The number of ether oxygens (including phenoxy) is 1. The lowest BCUT2D eigenvalue weighted by Crippen LogP contribution is -1.89. The molecule has 1 aromatic heterocycles. The van der Waals surface area contributed by atoms with Crippen molar-refractivity contribution in [2.45, 2.75) is 19.3 Å². The van der Waals surface area contributed by atoms with Crippen LogP contribution in [-0.4, -0.2) is 17.3 Å². The molecule has 0 bridgehead atoms. The van der Waals surface area contributed by atoms with Gasteiger partial charge in [-0.25, -0.2) is 0 Å². The van der Waals surface area contributed by atoms with Crippen molar-refractivity contribution in [2.75, 3.05) is 7.11 Å². The quantitative estimate of drug-likeness (QED) is 0.755. The number of hydrogen-bond acceptors (Lipinski definition) is 5. The summed E-state index contributed by atoms with van der Waals surface area (Å²) in [5, 5.41) is 12.4. The summed E-state index contributed by atoms with van der Waals surface area (Å²) in [6, 6.07) is 9.59. The molecule has 5 nitrogen and oxygen atoms in total. The van der Waals surface area contributed by atoms with Crippen LogP contribution in [0.4, 0.5) is 0 Å². The first-order chi connectivity index (χ1) is 8.85. The largest absolute Gasteiger partial charge is 0.496 e. The van der Waals surface area contributed by atoms with Crippen LogP contribution >= 0.6 is 0 Å². The van der Waals surface area contributed by atoms with E-state index in [0.29, 0.717) is 30.3 Å². The molecule has 5 heteroatoms. The van der Waals surface area contributed by atoms with Crippen LogP contribution in [-0.2, 0) is 6.42 Å². The third-order valence-corrected chi connectivity index (χ3v) is 2.50. The van der Waals surface area contributed by atoms with Crippen LogP contribution in [0.15, 0.2) is 28.8 Å². The average Bonchev–Trinajstić information content (AvgIpc) is 2.88. The number of rotatable bonds is 5. The highest BCUT2D eigenvalue weighted by Crippen LogP contribution is 2.27. The Hall–Kier alpha value is -2.35. The summed E-state index contributed by atoms with van der Waals surface area (Å²) in [6.45, 7) is 0. The normalized spacial score (nSPS) is 10.0. The third kappa shape index (κ3) is 2.66. The monoisotopic (exact) mass is 243 g/mol. The van der Waals surface area contributed by atoms with Gasteiger partial charge in [0.05, 0.1) is 18.7 Å². The van der Waals surface area contributed by atoms with Gasteiger partial charge in [-0.2, -0.15) is 10.2 Å². The fourth-order valence-corrected chi connectivity index (χ4v) is 1.61. The molecule has 0 atom stereocenters. The number of hydrogen-bond donors (Lipinski definition) is 0. The summed E-state index contributed by atoms with van der Waals surface area (Å²) in [7, 11) is 1.60. The Balaban J connectivity index is 2.16. The second-order valence-corrected chi connectivity index (χ2v) is 3.72. The lowest BCUT2D eigenvalue weighted by molar-refractivity contribution is 0.376. The zero-order chi connectivity index (χ0) is 12.8. The van der Waals surface area contributed by atoms with Gasteiger partial charge in [0.15, 0.2) is 0 Å². The molecule has 0 unspecified atom stereocenters. The number of para-hydroxylation sites is 1. The number of aromatic nitrogens is 2. The van der Waals surface area contributed by atoms with Crippen LogP contribution in [0.5, 0.6) is 5.75 Å². The van der Waals surface area contributed by atoms with Crippen molar-refractivity contribution in [3.05, 3.63) is 30.2 Å². The highest BCUT2D eigenvalue weighted by molar-refractivity contribution is 5.63. The number of nitrogens with zero attached hydrogens (tertiary/aromatic N) is 3. The van der Waals surface area contributed by atoms with E-state index in [-0.39, 0.29) is 0 Å². The molecule has 0 N–H and O–H groups in total. The molecule has 0 aliphatic heterocycles. The second kappa shape index (κ2) is 5.82. The fourth-order valence-electron chi connectivity index (χ4n) is 1.61. The first kappa shape index (κ1) is 12.1. The maximum absolute atomic E-state index is 8.46. The Morgan fingerprint density at radius 3 is 3.00 bits per heavy atom. The Bertz CT molecular complexity index is 557. The standard InChI is InChI=1S/C13H13N3O2/c1-17-11-7-3-2-6-10(11)13-15-12(18-16-13)8-4-5-9-14/h2-3,6-7H,4-5,8H2,1H3. The molecule has 0 saturated carbocycles. The molecule has 18 heavy (non-hydrogen) atoms. The van der Waals surface area contributed by atoms with Gasteiger partial charge in [0, 0.05) is 12.8 Å². The second-order valence-electron chi connectivity index (χ2n) is 3.72. The zero-order valence-corrected chi connectivity index (χ0v) is 10.1. The van der Waals surface area contributed by atoms with Crippen LogP contribution in [0.1, 0.15) is 18.7 Å². The highest BCUT2D eigenvalue weighted by Gasteiger charge is 2.12. The zero-order valence-electron chi connectivity index (χ0n) is 10.1. The first-order valence-corrected chi connectivity index (χ1v) is 5.68. The van der Waals surface area contributed by atoms with Crippen molar-refractivity contribution in [2.24, 2.45) is 0 Å². The number of benzene rings is 1.